The second-order valence-electron chi connectivity index (χ2n) is 24.3. The highest BCUT2D eigenvalue weighted by molar-refractivity contribution is 5.76. The Morgan fingerprint density at radius 2 is 0.790 bits per heavy atom. The summed E-state index contributed by atoms with van der Waals surface area (Å²) in [5.74, 6) is -0.243. The molecule has 0 radical (unpaired) electrons. The molecule has 0 bridgehead atoms. The van der Waals surface area contributed by atoms with Gasteiger partial charge in [0.2, 0.25) is 5.91 Å². The van der Waals surface area contributed by atoms with Crippen molar-refractivity contribution in [3.05, 3.63) is 24.3 Å². The predicted octanol–water partition coefficient (Wildman–Crippen LogP) is 13.2. The fraction of sp³-hybridized carbons (Fsp3) is 0.925. The van der Waals surface area contributed by atoms with E-state index in [2.05, 4.69) is 31.3 Å². The molecule has 0 spiro atoms. The van der Waals surface area contributed by atoms with Crippen LogP contribution in [0.5, 0.6) is 0 Å². The van der Waals surface area contributed by atoms with Crippen molar-refractivity contribution in [2.24, 2.45) is 0 Å². The third-order valence-corrected chi connectivity index (χ3v) is 16.9. The first-order chi connectivity index (χ1) is 39.6. The lowest BCUT2D eigenvalue weighted by molar-refractivity contribution is -0.359. The smallest absolute Gasteiger partial charge is 0.220 e. The molecule has 12 unspecified atom stereocenters. The van der Waals surface area contributed by atoms with E-state index in [-0.39, 0.29) is 18.9 Å². The first-order valence-electron chi connectivity index (χ1n) is 34.1. The highest BCUT2D eigenvalue weighted by atomic mass is 16.7. The molecule has 14 heteroatoms. The van der Waals surface area contributed by atoms with E-state index in [1.54, 1.807) is 6.08 Å². The van der Waals surface area contributed by atoms with E-state index in [9.17, 15) is 45.6 Å². The second kappa shape index (κ2) is 52.8. The van der Waals surface area contributed by atoms with Gasteiger partial charge in [-0.2, -0.15) is 0 Å². The standard InChI is InChI=1S/C67H127NO13/c1-3-5-7-9-11-13-15-17-19-21-22-23-24-25-26-27-28-29-30-31-32-33-34-35-37-39-41-43-45-47-49-51-59(72)68-55(56(71)50-48-46-44-42-40-38-36-20-18-16-14-12-10-8-6-4-2)54-78-66-64(77)62(75)65(58(53-70)80-66)81-67-63(76)61(74)60(73)57(52-69)79-67/h40,42,48,50,55-58,60-67,69-71,73-77H,3-39,41,43-47,49,51-54H2,1-2H3,(H,68,72)/b42-40+,50-48+. The third-order valence-electron chi connectivity index (χ3n) is 16.9. The summed E-state index contributed by atoms with van der Waals surface area (Å²) in [7, 11) is 0. The van der Waals surface area contributed by atoms with Crippen LogP contribution in [0.3, 0.4) is 0 Å². The molecule has 0 aromatic rings. The number of allylic oxidation sites excluding steroid dienone is 3. The first kappa shape index (κ1) is 75.6. The van der Waals surface area contributed by atoms with E-state index in [0.29, 0.717) is 12.8 Å². The molecule has 2 aliphatic rings. The highest BCUT2D eigenvalue weighted by Gasteiger charge is 2.51. The monoisotopic (exact) mass is 1150 g/mol. The number of amides is 1. The Hall–Kier alpha value is -1.53. The number of ether oxygens (including phenoxy) is 4. The fourth-order valence-corrected chi connectivity index (χ4v) is 11.4. The molecular weight excluding hydrogens is 1030 g/mol. The molecule has 12 atom stereocenters. The summed E-state index contributed by atoms with van der Waals surface area (Å²) in [6.45, 7) is 2.82. The molecule has 0 saturated carbocycles. The number of hydrogen-bond acceptors (Lipinski definition) is 13. The maximum atomic E-state index is 13.3. The van der Waals surface area contributed by atoms with Crippen LogP contribution in [0.1, 0.15) is 303 Å². The van der Waals surface area contributed by atoms with E-state index < -0.39 is 86.8 Å². The first-order valence-corrected chi connectivity index (χ1v) is 34.1. The van der Waals surface area contributed by atoms with Gasteiger partial charge in [0.1, 0.15) is 48.8 Å². The van der Waals surface area contributed by atoms with E-state index in [1.165, 1.54) is 238 Å². The van der Waals surface area contributed by atoms with Crippen LogP contribution in [-0.4, -0.2) is 140 Å². The molecule has 0 aromatic carbocycles. The number of carbonyl (C=O) groups excluding carboxylic acids is 1. The van der Waals surface area contributed by atoms with Crippen molar-refractivity contribution in [2.45, 2.75) is 376 Å². The zero-order valence-electron chi connectivity index (χ0n) is 51.8. The number of aliphatic hydroxyl groups is 8. The summed E-state index contributed by atoms with van der Waals surface area (Å²) in [5, 5.41) is 87.2. The van der Waals surface area contributed by atoms with Crippen LogP contribution >= 0.6 is 0 Å². The Bertz CT molecular complexity index is 1450. The van der Waals surface area contributed by atoms with Crippen LogP contribution in [0, 0.1) is 0 Å². The van der Waals surface area contributed by atoms with Gasteiger partial charge < -0.3 is 65.1 Å². The molecule has 0 aromatic heterocycles. The van der Waals surface area contributed by atoms with Gasteiger partial charge in [0.05, 0.1) is 32.0 Å². The molecule has 2 saturated heterocycles. The van der Waals surface area contributed by atoms with Gasteiger partial charge in [-0.05, 0) is 32.1 Å². The number of aliphatic hydroxyl groups excluding tert-OH is 8. The molecule has 478 valence electrons. The Morgan fingerprint density at radius 1 is 0.432 bits per heavy atom. The minimum absolute atomic E-state index is 0.243. The molecule has 0 aliphatic carbocycles. The second-order valence-corrected chi connectivity index (χ2v) is 24.3. The number of unbranched alkanes of at least 4 members (excludes halogenated alkanes) is 41. The van der Waals surface area contributed by atoms with Crippen molar-refractivity contribution < 1.29 is 64.6 Å². The van der Waals surface area contributed by atoms with Gasteiger partial charge >= 0.3 is 0 Å². The Balaban J connectivity index is 1.65. The lowest BCUT2D eigenvalue weighted by atomic mass is 9.97. The van der Waals surface area contributed by atoms with Gasteiger partial charge in [-0.25, -0.2) is 0 Å². The summed E-state index contributed by atoms with van der Waals surface area (Å²) in [5.41, 5.74) is 0. The van der Waals surface area contributed by atoms with E-state index in [0.717, 1.165) is 32.1 Å². The minimum atomic E-state index is -1.79. The summed E-state index contributed by atoms with van der Waals surface area (Å²) in [6, 6.07) is -0.928. The van der Waals surface area contributed by atoms with Crippen molar-refractivity contribution in [2.75, 3.05) is 19.8 Å². The summed E-state index contributed by atoms with van der Waals surface area (Å²) >= 11 is 0. The predicted molar refractivity (Wildman–Crippen MR) is 328 cm³/mol. The normalized spacial score (nSPS) is 24.2. The van der Waals surface area contributed by atoms with Gasteiger partial charge in [0, 0.05) is 6.42 Å². The molecule has 2 fully saturated rings. The molecular formula is C67H127NO13. The molecule has 2 rings (SSSR count). The Morgan fingerprint density at radius 3 is 1.21 bits per heavy atom. The zero-order chi connectivity index (χ0) is 58.8. The minimum Gasteiger partial charge on any atom is -0.394 e. The van der Waals surface area contributed by atoms with Crippen molar-refractivity contribution in [3.63, 3.8) is 0 Å². The largest absolute Gasteiger partial charge is 0.394 e. The fourth-order valence-electron chi connectivity index (χ4n) is 11.4. The van der Waals surface area contributed by atoms with Gasteiger partial charge in [0.25, 0.3) is 0 Å². The third kappa shape index (κ3) is 37.6. The van der Waals surface area contributed by atoms with Crippen molar-refractivity contribution in [1.29, 1.82) is 0 Å². The van der Waals surface area contributed by atoms with Crippen LogP contribution in [-0.2, 0) is 23.7 Å². The van der Waals surface area contributed by atoms with Crippen molar-refractivity contribution in [3.8, 4) is 0 Å². The average Bonchev–Trinajstić information content (AvgIpc) is 3.48. The van der Waals surface area contributed by atoms with E-state index in [4.69, 9.17) is 18.9 Å². The maximum absolute atomic E-state index is 13.3. The molecule has 9 N–H and O–H groups in total. The van der Waals surface area contributed by atoms with Crippen LogP contribution < -0.4 is 5.32 Å². The van der Waals surface area contributed by atoms with Crippen molar-refractivity contribution in [1.82, 2.24) is 5.32 Å². The number of rotatable bonds is 56. The summed E-state index contributed by atoms with van der Waals surface area (Å²) in [6.07, 6.45) is 48.2. The average molecular weight is 1150 g/mol. The maximum Gasteiger partial charge on any atom is 0.220 e. The summed E-state index contributed by atoms with van der Waals surface area (Å²) in [4.78, 5) is 13.3. The van der Waals surface area contributed by atoms with Gasteiger partial charge in [-0.1, -0.05) is 289 Å². The quantitative estimate of drug-likeness (QED) is 0.0204. The van der Waals surface area contributed by atoms with Crippen LogP contribution in [0.2, 0.25) is 0 Å². The van der Waals surface area contributed by atoms with Crippen LogP contribution in [0.4, 0.5) is 0 Å². The molecule has 14 nitrogen and oxygen atoms in total. The molecule has 1 amide bonds. The van der Waals surface area contributed by atoms with Gasteiger partial charge in [-0.15, -0.1) is 0 Å². The number of carbonyl (C=O) groups is 1. The highest BCUT2D eigenvalue weighted by Crippen LogP contribution is 2.30. The lowest BCUT2D eigenvalue weighted by Gasteiger charge is -2.46. The zero-order valence-corrected chi connectivity index (χ0v) is 51.8. The Labute approximate surface area is 494 Å². The lowest BCUT2D eigenvalue weighted by Crippen LogP contribution is -2.65. The van der Waals surface area contributed by atoms with Gasteiger partial charge in [-0.3, -0.25) is 4.79 Å². The van der Waals surface area contributed by atoms with Crippen molar-refractivity contribution >= 4 is 5.91 Å². The molecule has 81 heavy (non-hydrogen) atoms. The van der Waals surface area contributed by atoms with Crippen LogP contribution in [0.15, 0.2) is 24.3 Å². The van der Waals surface area contributed by atoms with Gasteiger partial charge in [0.15, 0.2) is 12.6 Å². The molecule has 2 aliphatic heterocycles. The number of hydrogen-bond donors (Lipinski definition) is 9. The van der Waals surface area contributed by atoms with Crippen LogP contribution in [0.25, 0.3) is 0 Å². The number of nitrogens with one attached hydrogen (secondary N) is 1. The van der Waals surface area contributed by atoms with E-state index >= 15 is 0 Å². The van der Waals surface area contributed by atoms with E-state index in [1.807, 2.05) is 6.08 Å². The Kier molecular flexibility index (Phi) is 49.2. The molecule has 2 heterocycles. The summed E-state index contributed by atoms with van der Waals surface area (Å²) < 4.78 is 22.8. The SMILES string of the molecule is CCCCCCCCCCCC/C=C/CC/C=C/C(O)C(COC1OC(CO)C(OC2OC(CO)C(O)C(O)C2O)C(O)C1O)NC(=O)CCCCCCCCCCCCCCCCCCCCCCCCCCCCCCCCC. The topological polar surface area (TPSA) is 228 Å².